The Hall–Kier alpha value is -1.67. The van der Waals surface area contributed by atoms with Crippen LogP contribution in [0.1, 0.15) is 41.1 Å². The van der Waals surface area contributed by atoms with E-state index in [9.17, 15) is 4.39 Å². The first-order valence-electron chi connectivity index (χ1n) is 7.69. The van der Waals surface area contributed by atoms with E-state index < -0.39 is 0 Å². The van der Waals surface area contributed by atoms with E-state index in [0.717, 1.165) is 19.5 Å². The number of aryl methyl sites for hydroxylation is 2. The molecule has 3 rings (SSSR count). The van der Waals surface area contributed by atoms with Gasteiger partial charge in [0.1, 0.15) is 5.82 Å². The molecule has 0 spiro atoms. The third kappa shape index (κ3) is 3.16. The second-order valence-corrected chi connectivity index (χ2v) is 6.11. The van der Waals surface area contributed by atoms with Gasteiger partial charge in [-0.25, -0.2) is 4.39 Å². The lowest BCUT2D eigenvalue weighted by molar-refractivity contribution is 0.248. The maximum atomic E-state index is 13.1. The largest absolute Gasteiger partial charge is 0.292 e. The van der Waals surface area contributed by atoms with Gasteiger partial charge >= 0.3 is 0 Å². The van der Waals surface area contributed by atoms with Gasteiger partial charge in [-0.1, -0.05) is 35.9 Å². The number of hydrogen-bond acceptors (Lipinski definition) is 1. The van der Waals surface area contributed by atoms with Crippen molar-refractivity contribution in [2.75, 3.05) is 6.54 Å². The van der Waals surface area contributed by atoms with E-state index in [4.69, 9.17) is 0 Å². The number of hydrogen-bond donors (Lipinski definition) is 0. The van der Waals surface area contributed by atoms with Gasteiger partial charge in [-0.3, -0.25) is 4.90 Å². The van der Waals surface area contributed by atoms with Gasteiger partial charge in [-0.2, -0.15) is 0 Å². The van der Waals surface area contributed by atoms with Gasteiger partial charge in [0, 0.05) is 12.6 Å². The third-order valence-corrected chi connectivity index (χ3v) is 4.49. The fourth-order valence-electron chi connectivity index (χ4n) is 3.32. The van der Waals surface area contributed by atoms with Crippen molar-refractivity contribution >= 4 is 0 Å². The highest BCUT2D eigenvalue weighted by Crippen LogP contribution is 2.33. The standard InChI is InChI=1S/C19H22FN/c1-14-5-6-17(15(2)12-14)13-21-11-3-4-19(21)16-7-9-18(20)10-8-16/h5-10,12,19H,3-4,11,13H2,1-2H3. The molecule has 1 nitrogen and oxygen atoms in total. The number of nitrogens with zero attached hydrogens (tertiary/aromatic N) is 1. The highest BCUT2D eigenvalue weighted by Gasteiger charge is 2.26. The zero-order valence-electron chi connectivity index (χ0n) is 12.8. The van der Waals surface area contributed by atoms with Crippen molar-refractivity contribution in [1.82, 2.24) is 4.90 Å². The molecule has 0 radical (unpaired) electrons. The van der Waals surface area contributed by atoms with E-state index in [-0.39, 0.29) is 5.82 Å². The molecule has 110 valence electrons. The van der Waals surface area contributed by atoms with Gasteiger partial charge in [0.2, 0.25) is 0 Å². The first kappa shape index (κ1) is 14.3. The van der Waals surface area contributed by atoms with Crippen LogP contribution in [0.15, 0.2) is 42.5 Å². The van der Waals surface area contributed by atoms with Gasteiger partial charge in [0.25, 0.3) is 0 Å². The van der Waals surface area contributed by atoms with Crippen LogP contribution in [0.5, 0.6) is 0 Å². The molecule has 2 heteroatoms. The topological polar surface area (TPSA) is 3.24 Å². The van der Waals surface area contributed by atoms with Crippen LogP contribution in [0, 0.1) is 19.7 Å². The van der Waals surface area contributed by atoms with E-state index in [2.05, 4.69) is 36.9 Å². The predicted molar refractivity (Wildman–Crippen MR) is 84.7 cm³/mol. The van der Waals surface area contributed by atoms with Crippen molar-refractivity contribution in [3.8, 4) is 0 Å². The molecule has 0 bridgehead atoms. The first-order valence-corrected chi connectivity index (χ1v) is 7.69. The molecule has 0 aliphatic carbocycles. The zero-order chi connectivity index (χ0) is 14.8. The van der Waals surface area contributed by atoms with Crippen LogP contribution in [-0.4, -0.2) is 11.4 Å². The van der Waals surface area contributed by atoms with Crippen molar-refractivity contribution < 1.29 is 4.39 Å². The maximum absolute atomic E-state index is 13.1. The SMILES string of the molecule is Cc1ccc(CN2CCCC2c2ccc(F)cc2)c(C)c1. The molecule has 0 aromatic heterocycles. The van der Waals surface area contributed by atoms with Crippen molar-refractivity contribution in [3.63, 3.8) is 0 Å². The molecular weight excluding hydrogens is 261 g/mol. The molecule has 1 aliphatic heterocycles. The summed E-state index contributed by atoms with van der Waals surface area (Å²) >= 11 is 0. The zero-order valence-corrected chi connectivity index (χ0v) is 12.8. The summed E-state index contributed by atoms with van der Waals surface area (Å²) in [5.74, 6) is -0.155. The van der Waals surface area contributed by atoms with Crippen LogP contribution in [0.4, 0.5) is 4.39 Å². The molecule has 1 heterocycles. The molecule has 0 N–H and O–H groups in total. The van der Waals surface area contributed by atoms with Crippen LogP contribution < -0.4 is 0 Å². The number of rotatable bonds is 3. The van der Waals surface area contributed by atoms with Crippen molar-refractivity contribution in [3.05, 3.63) is 70.5 Å². The number of likely N-dealkylation sites (tertiary alicyclic amines) is 1. The summed E-state index contributed by atoms with van der Waals surface area (Å²) in [6.45, 7) is 6.42. The molecule has 1 atom stereocenters. The molecular formula is C19H22FN. The fraction of sp³-hybridized carbons (Fsp3) is 0.368. The minimum Gasteiger partial charge on any atom is -0.292 e. The number of benzene rings is 2. The predicted octanol–water partition coefficient (Wildman–Crippen LogP) is 4.78. The minimum atomic E-state index is -0.155. The Bertz CT molecular complexity index is 618. The summed E-state index contributed by atoms with van der Waals surface area (Å²) in [7, 11) is 0. The summed E-state index contributed by atoms with van der Waals surface area (Å²) in [4.78, 5) is 2.52. The molecule has 1 fully saturated rings. The van der Waals surface area contributed by atoms with Crippen molar-refractivity contribution in [2.45, 2.75) is 39.3 Å². The maximum Gasteiger partial charge on any atom is 0.123 e. The van der Waals surface area contributed by atoms with Gasteiger partial charge in [-0.05, 0) is 62.1 Å². The highest BCUT2D eigenvalue weighted by atomic mass is 19.1. The highest BCUT2D eigenvalue weighted by molar-refractivity contribution is 5.31. The Labute approximate surface area is 126 Å². The molecule has 0 saturated carbocycles. The molecule has 1 aliphatic rings. The summed E-state index contributed by atoms with van der Waals surface area (Å²) in [5, 5.41) is 0. The van der Waals surface area contributed by atoms with Crippen LogP contribution in [-0.2, 0) is 6.54 Å². The van der Waals surface area contributed by atoms with E-state index >= 15 is 0 Å². The Morgan fingerprint density at radius 2 is 1.86 bits per heavy atom. The second-order valence-electron chi connectivity index (χ2n) is 6.11. The summed E-state index contributed by atoms with van der Waals surface area (Å²) in [6.07, 6.45) is 2.38. The molecule has 1 unspecified atom stereocenters. The summed E-state index contributed by atoms with van der Waals surface area (Å²) in [6, 6.07) is 14.1. The third-order valence-electron chi connectivity index (χ3n) is 4.49. The number of halogens is 1. The van der Waals surface area contributed by atoms with Crippen LogP contribution in [0.3, 0.4) is 0 Å². The minimum absolute atomic E-state index is 0.155. The van der Waals surface area contributed by atoms with Crippen LogP contribution >= 0.6 is 0 Å². The van der Waals surface area contributed by atoms with E-state index in [1.165, 1.54) is 28.7 Å². The monoisotopic (exact) mass is 283 g/mol. The van der Waals surface area contributed by atoms with E-state index in [0.29, 0.717) is 6.04 Å². The van der Waals surface area contributed by atoms with Gasteiger partial charge < -0.3 is 0 Å². The first-order chi connectivity index (χ1) is 10.1. The average Bonchev–Trinajstić information content (AvgIpc) is 2.91. The van der Waals surface area contributed by atoms with Gasteiger partial charge in [0.15, 0.2) is 0 Å². The summed E-state index contributed by atoms with van der Waals surface area (Å²) < 4.78 is 13.1. The summed E-state index contributed by atoms with van der Waals surface area (Å²) in [5.41, 5.74) is 5.31. The van der Waals surface area contributed by atoms with E-state index in [1.54, 1.807) is 12.1 Å². The molecule has 0 amide bonds. The molecule has 1 saturated heterocycles. The Kier molecular flexibility index (Phi) is 4.07. The lowest BCUT2D eigenvalue weighted by Crippen LogP contribution is -2.23. The lowest BCUT2D eigenvalue weighted by Gasteiger charge is -2.25. The Morgan fingerprint density at radius 1 is 1.10 bits per heavy atom. The normalized spacial score (nSPS) is 19.1. The van der Waals surface area contributed by atoms with Crippen LogP contribution in [0.2, 0.25) is 0 Å². The quantitative estimate of drug-likeness (QED) is 0.783. The fourth-order valence-corrected chi connectivity index (χ4v) is 3.32. The molecule has 2 aromatic rings. The lowest BCUT2D eigenvalue weighted by atomic mass is 10.0. The van der Waals surface area contributed by atoms with Gasteiger partial charge in [0.05, 0.1) is 0 Å². The van der Waals surface area contributed by atoms with Crippen LogP contribution in [0.25, 0.3) is 0 Å². The van der Waals surface area contributed by atoms with E-state index in [1.807, 2.05) is 12.1 Å². The van der Waals surface area contributed by atoms with Crippen molar-refractivity contribution in [1.29, 1.82) is 0 Å². The van der Waals surface area contributed by atoms with Crippen molar-refractivity contribution in [2.24, 2.45) is 0 Å². The molecule has 21 heavy (non-hydrogen) atoms. The van der Waals surface area contributed by atoms with Gasteiger partial charge in [-0.15, -0.1) is 0 Å². The average molecular weight is 283 g/mol. The molecule has 2 aromatic carbocycles. The smallest absolute Gasteiger partial charge is 0.123 e. The second kappa shape index (κ2) is 5.98. The Morgan fingerprint density at radius 3 is 2.57 bits per heavy atom. The Balaban J connectivity index is 1.79.